The summed E-state index contributed by atoms with van der Waals surface area (Å²) in [5.74, 6) is 1.00. The van der Waals surface area contributed by atoms with Crippen molar-refractivity contribution >= 4 is 17.7 Å². The van der Waals surface area contributed by atoms with Gasteiger partial charge in [0.2, 0.25) is 23.5 Å². The van der Waals surface area contributed by atoms with Crippen molar-refractivity contribution in [3.63, 3.8) is 0 Å². The maximum absolute atomic E-state index is 13.2. The number of hydrogen-bond donors (Lipinski definition) is 1. The third kappa shape index (κ3) is 6.96. The first kappa shape index (κ1) is 28.8. The molecule has 0 unspecified atom stereocenters. The number of hydrogen-bond acceptors (Lipinski definition) is 6. The Morgan fingerprint density at radius 2 is 1.61 bits per heavy atom. The summed E-state index contributed by atoms with van der Waals surface area (Å²) >= 11 is 0. The fourth-order valence-electron chi connectivity index (χ4n) is 4.57. The van der Waals surface area contributed by atoms with Gasteiger partial charge in [0.05, 0.1) is 21.3 Å². The summed E-state index contributed by atoms with van der Waals surface area (Å²) in [6.45, 7) is 2.52. The molecule has 9 nitrogen and oxygen atoms in total. The molecule has 2 aromatic rings. The molecule has 0 radical (unpaired) electrons. The maximum Gasteiger partial charge on any atom is 0.246 e. The van der Waals surface area contributed by atoms with E-state index in [4.69, 9.17) is 14.2 Å². The molecule has 1 saturated heterocycles. The van der Waals surface area contributed by atoms with E-state index < -0.39 is 6.04 Å². The number of ether oxygens (including phenoxy) is 3. The molecule has 0 saturated carbocycles. The second-order valence-electron chi connectivity index (χ2n) is 9.44. The largest absolute Gasteiger partial charge is 0.493 e. The first-order valence-electron chi connectivity index (χ1n) is 13.0. The standard InChI is InChI=1S/C29H39N3O6/c1-6-7-8-9-14-30-26(33)18-32-19-27(34)31(2)23(29(32)35)15-20-10-12-21(13-11-20)22-16-24(36-3)28(38-5)25(17-22)37-4/h10-13,16-17,23H,6-9,14-15,18-19H2,1-5H3,(H,30,33)/t23-/m1/s1. The normalized spacial score (nSPS) is 15.4. The second kappa shape index (κ2) is 13.7. The van der Waals surface area contributed by atoms with Crippen molar-refractivity contribution in [2.45, 2.75) is 45.1 Å². The van der Waals surface area contributed by atoms with Crippen LogP contribution < -0.4 is 19.5 Å². The summed E-state index contributed by atoms with van der Waals surface area (Å²) in [5.41, 5.74) is 2.73. The van der Waals surface area contributed by atoms with Gasteiger partial charge in [-0.15, -0.1) is 0 Å². The highest BCUT2D eigenvalue weighted by Crippen LogP contribution is 2.41. The highest BCUT2D eigenvalue weighted by Gasteiger charge is 2.37. The van der Waals surface area contributed by atoms with E-state index >= 15 is 0 Å². The third-order valence-corrected chi connectivity index (χ3v) is 6.85. The van der Waals surface area contributed by atoms with Gasteiger partial charge in [-0.2, -0.15) is 0 Å². The highest BCUT2D eigenvalue weighted by molar-refractivity contribution is 5.97. The molecule has 206 valence electrons. The van der Waals surface area contributed by atoms with Crippen molar-refractivity contribution in [3.8, 4) is 28.4 Å². The van der Waals surface area contributed by atoms with E-state index in [1.165, 1.54) is 9.80 Å². The van der Waals surface area contributed by atoms with Gasteiger partial charge >= 0.3 is 0 Å². The summed E-state index contributed by atoms with van der Waals surface area (Å²) in [6, 6.07) is 10.9. The van der Waals surface area contributed by atoms with E-state index in [-0.39, 0.29) is 30.8 Å². The SMILES string of the molecule is CCCCCCNC(=O)CN1CC(=O)N(C)[C@H](Cc2ccc(-c3cc(OC)c(OC)c(OC)c3)cc2)C1=O. The van der Waals surface area contributed by atoms with Crippen molar-refractivity contribution < 1.29 is 28.6 Å². The van der Waals surface area contributed by atoms with Crippen LogP contribution >= 0.6 is 0 Å². The molecule has 3 amide bonds. The molecule has 1 aliphatic heterocycles. The minimum absolute atomic E-state index is 0.0881. The van der Waals surface area contributed by atoms with Gasteiger partial charge in [0.1, 0.15) is 19.1 Å². The Hall–Kier alpha value is -3.75. The van der Waals surface area contributed by atoms with Gasteiger partial charge < -0.3 is 29.3 Å². The van der Waals surface area contributed by atoms with Crippen LogP contribution in [-0.4, -0.2) is 81.6 Å². The van der Waals surface area contributed by atoms with Crippen molar-refractivity contribution in [1.82, 2.24) is 15.1 Å². The van der Waals surface area contributed by atoms with E-state index in [0.717, 1.165) is 42.4 Å². The summed E-state index contributed by atoms with van der Waals surface area (Å²) in [7, 11) is 6.35. The Labute approximate surface area is 225 Å². The van der Waals surface area contributed by atoms with Crippen molar-refractivity contribution in [2.24, 2.45) is 0 Å². The zero-order valence-corrected chi connectivity index (χ0v) is 23.0. The first-order chi connectivity index (χ1) is 18.3. The van der Waals surface area contributed by atoms with Crippen LogP contribution in [0.4, 0.5) is 0 Å². The van der Waals surface area contributed by atoms with Gasteiger partial charge in [0.25, 0.3) is 0 Å². The molecular formula is C29H39N3O6. The third-order valence-electron chi connectivity index (χ3n) is 6.85. The smallest absolute Gasteiger partial charge is 0.246 e. The van der Waals surface area contributed by atoms with Gasteiger partial charge in [-0.05, 0) is 35.2 Å². The molecular weight excluding hydrogens is 486 g/mol. The number of carbonyl (C=O) groups is 3. The zero-order chi connectivity index (χ0) is 27.7. The fraction of sp³-hybridized carbons (Fsp3) is 0.483. The number of nitrogens with one attached hydrogen (secondary N) is 1. The Morgan fingerprint density at radius 1 is 0.947 bits per heavy atom. The van der Waals surface area contributed by atoms with Crippen LogP contribution in [0.3, 0.4) is 0 Å². The fourth-order valence-corrected chi connectivity index (χ4v) is 4.57. The Bertz CT molecular complexity index is 1090. The predicted molar refractivity (Wildman–Crippen MR) is 146 cm³/mol. The highest BCUT2D eigenvalue weighted by atomic mass is 16.5. The van der Waals surface area contributed by atoms with Crippen LogP contribution in [0.2, 0.25) is 0 Å². The average Bonchev–Trinajstić information content (AvgIpc) is 2.93. The van der Waals surface area contributed by atoms with Gasteiger partial charge in [-0.3, -0.25) is 14.4 Å². The molecule has 0 spiro atoms. The number of piperazine rings is 1. The summed E-state index contributed by atoms with van der Waals surface area (Å²) in [5, 5.41) is 2.86. The first-order valence-corrected chi connectivity index (χ1v) is 13.0. The molecule has 0 aliphatic carbocycles. The molecule has 1 N–H and O–H groups in total. The van der Waals surface area contributed by atoms with Gasteiger partial charge in [0.15, 0.2) is 11.5 Å². The molecule has 9 heteroatoms. The molecule has 0 bridgehead atoms. The molecule has 3 rings (SSSR count). The van der Waals surface area contributed by atoms with Gasteiger partial charge in [0, 0.05) is 20.0 Å². The molecule has 1 atom stereocenters. The van der Waals surface area contributed by atoms with Crippen LogP contribution in [0.25, 0.3) is 11.1 Å². The van der Waals surface area contributed by atoms with Crippen LogP contribution in [0, 0.1) is 0 Å². The summed E-state index contributed by atoms with van der Waals surface area (Å²) in [6.07, 6.45) is 4.58. The predicted octanol–water partition coefficient (Wildman–Crippen LogP) is 3.29. The summed E-state index contributed by atoms with van der Waals surface area (Å²) < 4.78 is 16.3. The topological polar surface area (TPSA) is 97.4 Å². The lowest BCUT2D eigenvalue weighted by atomic mass is 9.98. The van der Waals surface area contributed by atoms with Crippen molar-refractivity contribution in [3.05, 3.63) is 42.0 Å². The molecule has 1 fully saturated rings. The number of carbonyl (C=O) groups excluding carboxylic acids is 3. The van der Waals surface area contributed by atoms with E-state index in [0.29, 0.717) is 30.2 Å². The number of amides is 3. The zero-order valence-electron chi connectivity index (χ0n) is 23.0. The van der Waals surface area contributed by atoms with Crippen LogP contribution in [0.1, 0.15) is 38.2 Å². The lowest BCUT2D eigenvalue weighted by Crippen LogP contribution is -2.60. The Kier molecular flexibility index (Phi) is 10.4. The Morgan fingerprint density at radius 3 is 2.18 bits per heavy atom. The number of likely N-dealkylation sites (N-methyl/N-ethyl adjacent to an activating group) is 1. The quantitative estimate of drug-likeness (QED) is 0.403. The monoisotopic (exact) mass is 525 g/mol. The number of nitrogens with zero attached hydrogens (tertiary/aromatic N) is 2. The molecule has 38 heavy (non-hydrogen) atoms. The number of methoxy groups -OCH3 is 3. The maximum atomic E-state index is 13.2. The summed E-state index contributed by atoms with van der Waals surface area (Å²) in [4.78, 5) is 41.1. The minimum atomic E-state index is -0.666. The van der Waals surface area contributed by atoms with E-state index in [1.807, 2.05) is 36.4 Å². The minimum Gasteiger partial charge on any atom is -0.493 e. The average molecular weight is 526 g/mol. The lowest BCUT2D eigenvalue weighted by Gasteiger charge is -2.38. The van der Waals surface area contributed by atoms with Crippen LogP contribution in [0.5, 0.6) is 17.2 Å². The van der Waals surface area contributed by atoms with E-state index in [2.05, 4.69) is 12.2 Å². The van der Waals surface area contributed by atoms with E-state index in [1.54, 1.807) is 28.4 Å². The molecule has 2 aromatic carbocycles. The van der Waals surface area contributed by atoms with Gasteiger partial charge in [-0.25, -0.2) is 0 Å². The Balaban J connectivity index is 1.69. The second-order valence-corrected chi connectivity index (χ2v) is 9.44. The molecule has 1 heterocycles. The number of unbranched alkanes of at least 4 members (excludes halogenated alkanes) is 3. The van der Waals surface area contributed by atoms with Crippen LogP contribution in [0.15, 0.2) is 36.4 Å². The van der Waals surface area contributed by atoms with Crippen molar-refractivity contribution in [1.29, 1.82) is 0 Å². The van der Waals surface area contributed by atoms with Crippen LogP contribution in [-0.2, 0) is 20.8 Å². The van der Waals surface area contributed by atoms with E-state index in [9.17, 15) is 14.4 Å². The number of benzene rings is 2. The van der Waals surface area contributed by atoms with Gasteiger partial charge in [-0.1, -0.05) is 50.5 Å². The molecule has 1 aliphatic rings. The molecule has 0 aromatic heterocycles. The number of rotatable bonds is 13. The van der Waals surface area contributed by atoms with Crippen molar-refractivity contribution in [2.75, 3.05) is 48.0 Å². The lowest BCUT2D eigenvalue weighted by molar-refractivity contribution is -0.155.